The number of nitrogens with zero attached hydrogens (tertiary/aromatic N) is 1. The number of halogens is 1. The van der Waals surface area contributed by atoms with Gasteiger partial charge in [0.05, 0.1) is 5.75 Å². The molecular weight excluding hydrogens is 226 g/mol. The molecule has 0 fully saturated rings. The molecule has 14 heavy (non-hydrogen) atoms. The molecule has 0 aliphatic heterocycles. The molecule has 2 rings (SSSR count). The standard InChI is InChI=1S/C8H6ClNO3S/c9-14(11,12)5-6-1-2-7-4-13-10-8(7)3-6/h1-4H,5H2. The van der Waals surface area contributed by atoms with Gasteiger partial charge in [-0.3, -0.25) is 0 Å². The summed E-state index contributed by atoms with van der Waals surface area (Å²) in [4.78, 5) is 0. The van der Waals surface area contributed by atoms with Gasteiger partial charge in [0.2, 0.25) is 9.05 Å². The maximum atomic E-state index is 10.8. The molecule has 0 radical (unpaired) electrons. The van der Waals surface area contributed by atoms with Gasteiger partial charge in [-0.1, -0.05) is 11.2 Å². The van der Waals surface area contributed by atoms with Gasteiger partial charge in [-0.15, -0.1) is 0 Å². The van der Waals surface area contributed by atoms with E-state index in [1.165, 1.54) is 6.26 Å². The van der Waals surface area contributed by atoms with Crippen LogP contribution in [-0.2, 0) is 14.8 Å². The molecule has 6 heteroatoms. The van der Waals surface area contributed by atoms with Crippen molar-refractivity contribution in [2.75, 3.05) is 0 Å². The summed E-state index contributed by atoms with van der Waals surface area (Å²) in [5, 5.41) is 4.53. The SMILES string of the molecule is O=S(=O)(Cl)Cc1ccc2conc2c1. The van der Waals surface area contributed by atoms with Crippen molar-refractivity contribution in [1.82, 2.24) is 5.16 Å². The molecule has 0 amide bonds. The van der Waals surface area contributed by atoms with Gasteiger partial charge in [-0.2, -0.15) is 0 Å². The second kappa shape index (κ2) is 3.25. The Balaban J connectivity index is 2.44. The van der Waals surface area contributed by atoms with Crippen LogP contribution >= 0.6 is 10.7 Å². The number of benzene rings is 1. The summed E-state index contributed by atoms with van der Waals surface area (Å²) >= 11 is 0. The normalized spacial score (nSPS) is 12.1. The van der Waals surface area contributed by atoms with Crippen molar-refractivity contribution >= 4 is 30.6 Å². The summed E-state index contributed by atoms with van der Waals surface area (Å²) in [6.07, 6.45) is 1.49. The Labute approximate surface area is 84.9 Å². The predicted molar refractivity (Wildman–Crippen MR) is 52.5 cm³/mol. The predicted octanol–water partition coefficient (Wildman–Crippen LogP) is 1.90. The fourth-order valence-electron chi connectivity index (χ4n) is 1.20. The third-order valence-electron chi connectivity index (χ3n) is 1.76. The molecule has 0 aliphatic carbocycles. The van der Waals surface area contributed by atoms with E-state index in [9.17, 15) is 8.42 Å². The van der Waals surface area contributed by atoms with Crippen molar-refractivity contribution in [3.8, 4) is 0 Å². The van der Waals surface area contributed by atoms with Crippen molar-refractivity contribution in [1.29, 1.82) is 0 Å². The Morgan fingerprint density at radius 3 is 2.93 bits per heavy atom. The van der Waals surface area contributed by atoms with Crippen LogP contribution in [0.5, 0.6) is 0 Å². The van der Waals surface area contributed by atoms with E-state index < -0.39 is 9.05 Å². The Kier molecular flexibility index (Phi) is 2.20. The van der Waals surface area contributed by atoms with E-state index in [-0.39, 0.29) is 5.75 Å². The first-order valence-corrected chi connectivity index (χ1v) is 6.28. The van der Waals surface area contributed by atoms with Crippen molar-refractivity contribution < 1.29 is 12.9 Å². The minimum Gasteiger partial charge on any atom is -0.364 e. The summed E-state index contributed by atoms with van der Waals surface area (Å²) in [6.45, 7) is 0. The summed E-state index contributed by atoms with van der Waals surface area (Å²) < 4.78 is 26.3. The Bertz CT molecular complexity index is 561. The van der Waals surface area contributed by atoms with Crippen LogP contribution in [0, 0.1) is 0 Å². The minimum absolute atomic E-state index is 0.197. The van der Waals surface area contributed by atoms with Crippen molar-refractivity contribution in [2.45, 2.75) is 5.75 Å². The summed E-state index contributed by atoms with van der Waals surface area (Å²) in [6, 6.07) is 5.06. The molecule has 0 spiro atoms. The molecule has 2 aromatic rings. The van der Waals surface area contributed by atoms with E-state index in [1.54, 1.807) is 18.2 Å². The highest BCUT2D eigenvalue weighted by molar-refractivity contribution is 8.13. The van der Waals surface area contributed by atoms with Crippen molar-refractivity contribution in [3.63, 3.8) is 0 Å². The van der Waals surface area contributed by atoms with Crippen LogP contribution in [0.15, 0.2) is 29.0 Å². The summed E-state index contributed by atoms with van der Waals surface area (Å²) in [7, 11) is 1.61. The second-order valence-corrected chi connectivity index (χ2v) is 5.67. The molecule has 0 saturated carbocycles. The third kappa shape index (κ3) is 2.05. The first-order chi connectivity index (χ1) is 6.54. The van der Waals surface area contributed by atoms with Gasteiger partial charge in [0.1, 0.15) is 11.8 Å². The van der Waals surface area contributed by atoms with Crippen molar-refractivity contribution in [2.24, 2.45) is 0 Å². The molecule has 0 N–H and O–H groups in total. The number of aromatic nitrogens is 1. The lowest BCUT2D eigenvalue weighted by atomic mass is 10.2. The van der Waals surface area contributed by atoms with Crippen LogP contribution in [0.3, 0.4) is 0 Å². The van der Waals surface area contributed by atoms with E-state index in [0.29, 0.717) is 11.1 Å². The number of fused-ring (bicyclic) bond motifs is 1. The van der Waals surface area contributed by atoms with E-state index in [4.69, 9.17) is 15.2 Å². The first-order valence-electron chi connectivity index (χ1n) is 3.80. The molecular formula is C8H6ClNO3S. The Morgan fingerprint density at radius 1 is 1.43 bits per heavy atom. The van der Waals surface area contributed by atoms with Crippen LogP contribution in [0.2, 0.25) is 0 Å². The highest BCUT2D eigenvalue weighted by Gasteiger charge is 2.08. The molecule has 1 aromatic carbocycles. The molecule has 74 valence electrons. The fraction of sp³-hybridized carbons (Fsp3) is 0.125. The highest BCUT2D eigenvalue weighted by Crippen LogP contribution is 2.16. The maximum absolute atomic E-state index is 10.8. The zero-order valence-corrected chi connectivity index (χ0v) is 8.55. The van der Waals surface area contributed by atoms with Crippen LogP contribution < -0.4 is 0 Å². The lowest BCUT2D eigenvalue weighted by Crippen LogP contribution is -1.94. The van der Waals surface area contributed by atoms with E-state index in [2.05, 4.69) is 5.16 Å². The van der Waals surface area contributed by atoms with Crippen LogP contribution in [0.1, 0.15) is 5.56 Å². The minimum atomic E-state index is -3.52. The molecule has 1 aromatic heterocycles. The molecule has 0 unspecified atom stereocenters. The van der Waals surface area contributed by atoms with Gasteiger partial charge in [0.15, 0.2) is 0 Å². The van der Waals surface area contributed by atoms with Crippen LogP contribution in [-0.4, -0.2) is 13.6 Å². The van der Waals surface area contributed by atoms with Gasteiger partial charge >= 0.3 is 0 Å². The zero-order valence-electron chi connectivity index (χ0n) is 6.97. The molecule has 1 heterocycles. The quantitative estimate of drug-likeness (QED) is 0.741. The second-order valence-electron chi connectivity index (χ2n) is 2.89. The van der Waals surface area contributed by atoms with Gasteiger partial charge < -0.3 is 4.52 Å². The molecule has 0 bridgehead atoms. The van der Waals surface area contributed by atoms with Crippen LogP contribution in [0.25, 0.3) is 10.9 Å². The smallest absolute Gasteiger partial charge is 0.236 e. The third-order valence-corrected chi connectivity index (χ3v) is 2.77. The Morgan fingerprint density at radius 2 is 2.21 bits per heavy atom. The molecule has 0 saturated heterocycles. The molecule has 0 atom stereocenters. The number of rotatable bonds is 2. The number of hydrogen-bond acceptors (Lipinski definition) is 4. The van der Waals surface area contributed by atoms with E-state index >= 15 is 0 Å². The van der Waals surface area contributed by atoms with Gasteiger partial charge in [0, 0.05) is 16.1 Å². The van der Waals surface area contributed by atoms with Crippen molar-refractivity contribution in [3.05, 3.63) is 30.0 Å². The lowest BCUT2D eigenvalue weighted by molar-refractivity contribution is 0.428. The zero-order chi connectivity index (χ0) is 10.2. The average Bonchev–Trinajstić information content (AvgIpc) is 2.47. The van der Waals surface area contributed by atoms with Crippen LogP contribution in [0.4, 0.5) is 0 Å². The largest absolute Gasteiger partial charge is 0.364 e. The average molecular weight is 232 g/mol. The summed E-state index contributed by atoms with van der Waals surface area (Å²) in [5.74, 6) is -0.197. The Hall–Kier alpha value is -1.07. The number of hydrogen-bond donors (Lipinski definition) is 0. The summed E-state index contributed by atoms with van der Waals surface area (Å²) in [5.41, 5.74) is 1.23. The molecule has 4 nitrogen and oxygen atoms in total. The highest BCUT2D eigenvalue weighted by atomic mass is 35.7. The van der Waals surface area contributed by atoms with E-state index in [0.717, 1.165) is 5.39 Å². The molecule has 0 aliphatic rings. The fourth-order valence-corrected chi connectivity index (χ4v) is 2.15. The van der Waals surface area contributed by atoms with E-state index in [1.807, 2.05) is 0 Å². The first kappa shape index (κ1) is 9.48. The lowest BCUT2D eigenvalue weighted by Gasteiger charge is -1.96. The topological polar surface area (TPSA) is 60.2 Å². The monoisotopic (exact) mass is 231 g/mol. The maximum Gasteiger partial charge on any atom is 0.236 e. The van der Waals surface area contributed by atoms with Gasteiger partial charge in [0.25, 0.3) is 0 Å². The van der Waals surface area contributed by atoms with Gasteiger partial charge in [-0.05, 0) is 17.7 Å². The van der Waals surface area contributed by atoms with Gasteiger partial charge in [-0.25, -0.2) is 8.42 Å².